The summed E-state index contributed by atoms with van der Waals surface area (Å²) in [7, 11) is 1.92. The summed E-state index contributed by atoms with van der Waals surface area (Å²) in [6.07, 6.45) is 5.17. The number of nitrogens with one attached hydrogen (secondary N) is 1. The lowest BCUT2D eigenvalue weighted by molar-refractivity contribution is 0.669. The molecule has 0 fully saturated rings. The average Bonchev–Trinajstić information content (AvgIpc) is 2.68. The van der Waals surface area contributed by atoms with E-state index in [9.17, 15) is 0 Å². The first-order valence-electron chi connectivity index (χ1n) is 4.48. The largest absolute Gasteiger partial charge is 0.308 e. The lowest BCUT2D eigenvalue weighted by Crippen LogP contribution is -2.18. The molecule has 2 aromatic heterocycles. The molecule has 2 rings (SSSR count). The van der Waals surface area contributed by atoms with E-state index in [2.05, 4.69) is 42.7 Å². The fourth-order valence-electron chi connectivity index (χ4n) is 1.42. The van der Waals surface area contributed by atoms with Crippen molar-refractivity contribution in [3.8, 4) is 0 Å². The Hall–Kier alpha value is -0.780. The van der Waals surface area contributed by atoms with Gasteiger partial charge in [0, 0.05) is 12.4 Å². The van der Waals surface area contributed by atoms with Gasteiger partial charge in [0.1, 0.15) is 0 Å². The van der Waals surface area contributed by atoms with E-state index in [1.165, 1.54) is 5.56 Å². The third kappa shape index (κ3) is 2.42. The summed E-state index contributed by atoms with van der Waals surface area (Å²) >= 11 is 5.13. The van der Waals surface area contributed by atoms with Crippen LogP contribution in [0.1, 0.15) is 17.3 Å². The molecule has 0 aromatic carbocycles. The maximum Gasteiger partial charge on any atom is 0.0801 e. The first-order chi connectivity index (χ1) is 7.31. The van der Waals surface area contributed by atoms with Crippen molar-refractivity contribution in [2.75, 3.05) is 7.05 Å². The average molecular weight is 284 g/mol. The molecule has 15 heavy (non-hydrogen) atoms. The van der Waals surface area contributed by atoms with Crippen molar-refractivity contribution in [1.29, 1.82) is 0 Å². The highest BCUT2D eigenvalue weighted by Crippen LogP contribution is 2.27. The monoisotopic (exact) mass is 283 g/mol. The summed E-state index contributed by atoms with van der Waals surface area (Å²) in [5, 5.41) is 5.34. The first kappa shape index (κ1) is 10.7. The molecular formula is C10H10BrN3S. The predicted molar refractivity (Wildman–Crippen MR) is 65.0 cm³/mol. The second-order valence-electron chi connectivity index (χ2n) is 3.04. The maximum absolute atomic E-state index is 4.30. The number of thiophene rings is 1. The molecule has 0 bridgehead atoms. The lowest BCUT2D eigenvalue weighted by Gasteiger charge is -2.13. The van der Waals surface area contributed by atoms with E-state index >= 15 is 0 Å². The topological polar surface area (TPSA) is 37.8 Å². The van der Waals surface area contributed by atoms with Crippen molar-refractivity contribution in [2.45, 2.75) is 6.04 Å². The lowest BCUT2D eigenvalue weighted by atomic mass is 10.1. The molecule has 0 amide bonds. The van der Waals surface area contributed by atoms with E-state index in [4.69, 9.17) is 0 Å². The van der Waals surface area contributed by atoms with E-state index in [1.807, 2.05) is 7.05 Å². The summed E-state index contributed by atoms with van der Waals surface area (Å²) in [6.45, 7) is 0. The molecule has 1 unspecified atom stereocenters. The van der Waals surface area contributed by atoms with Gasteiger partial charge in [-0.1, -0.05) is 0 Å². The van der Waals surface area contributed by atoms with E-state index in [-0.39, 0.29) is 6.04 Å². The van der Waals surface area contributed by atoms with Crippen molar-refractivity contribution < 1.29 is 0 Å². The molecule has 2 heterocycles. The normalized spacial score (nSPS) is 12.7. The number of rotatable bonds is 3. The first-order valence-corrected chi connectivity index (χ1v) is 6.15. The molecule has 0 aliphatic heterocycles. The van der Waals surface area contributed by atoms with Crippen molar-refractivity contribution in [1.82, 2.24) is 15.3 Å². The Morgan fingerprint density at radius 2 is 2.33 bits per heavy atom. The second kappa shape index (κ2) is 4.83. The van der Waals surface area contributed by atoms with Gasteiger partial charge < -0.3 is 5.32 Å². The van der Waals surface area contributed by atoms with Gasteiger partial charge in [-0.3, -0.25) is 9.97 Å². The zero-order valence-corrected chi connectivity index (χ0v) is 10.5. The van der Waals surface area contributed by atoms with Gasteiger partial charge in [-0.15, -0.1) is 11.3 Å². The highest BCUT2D eigenvalue weighted by Gasteiger charge is 2.14. The van der Waals surface area contributed by atoms with Crippen LogP contribution in [0.3, 0.4) is 0 Å². The number of hydrogen-bond donors (Lipinski definition) is 1. The molecule has 1 N–H and O–H groups in total. The second-order valence-corrected chi connectivity index (χ2v) is 5.33. The molecule has 1 atom stereocenters. The zero-order chi connectivity index (χ0) is 10.7. The maximum atomic E-state index is 4.30. The van der Waals surface area contributed by atoms with Crippen LogP contribution in [0.4, 0.5) is 0 Å². The molecule has 0 radical (unpaired) electrons. The van der Waals surface area contributed by atoms with E-state index in [0.717, 1.165) is 9.48 Å². The quantitative estimate of drug-likeness (QED) is 0.941. The number of hydrogen-bond acceptors (Lipinski definition) is 4. The van der Waals surface area contributed by atoms with Crippen molar-refractivity contribution in [2.24, 2.45) is 0 Å². The van der Waals surface area contributed by atoms with Crippen LogP contribution in [-0.4, -0.2) is 17.0 Å². The number of halogens is 1. The Labute approximate surface area is 101 Å². The van der Waals surface area contributed by atoms with Gasteiger partial charge in [0.15, 0.2) is 0 Å². The summed E-state index contributed by atoms with van der Waals surface area (Å²) in [5.74, 6) is 0. The minimum atomic E-state index is 0.112. The molecule has 78 valence electrons. The minimum absolute atomic E-state index is 0.112. The summed E-state index contributed by atoms with van der Waals surface area (Å²) in [6, 6.07) is 2.21. The number of aromatic nitrogens is 2. The minimum Gasteiger partial charge on any atom is -0.308 e. The standard InChI is InChI=1S/C10H10BrN3S/c1-12-10(7-4-9(11)15-6-7)8-5-13-2-3-14-8/h2-6,10,12H,1H3. The SMILES string of the molecule is CNC(c1csc(Br)c1)c1cnccn1. The smallest absolute Gasteiger partial charge is 0.0801 e. The Morgan fingerprint density at radius 3 is 2.87 bits per heavy atom. The van der Waals surface area contributed by atoms with Crippen LogP contribution >= 0.6 is 27.3 Å². The van der Waals surface area contributed by atoms with Crippen molar-refractivity contribution >= 4 is 27.3 Å². The van der Waals surface area contributed by atoms with Gasteiger partial charge in [-0.05, 0) is 40.0 Å². The van der Waals surface area contributed by atoms with Gasteiger partial charge in [-0.25, -0.2) is 0 Å². The van der Waals surface area contributed by atoms with E-state index in [1.54, 1.807) is 29.9 Å². The van der Waals surface area contributed by atoms with Gasteiger partial charge in [0.2, 0.25) is 0 Å². The van der Waals surface area contributed by atoms with Gasteiger partial charge in [-0.2, -0.15) is 0 Å². The van der Waals surface area contributed by atoms with Crippen LogP contribution in [0.25, 0.3) is 0 Å². The molecular weight excluding hydrogens is 274 g/mol. The molecule has 0 aliphatic carbocycles. The highest BCUT2D eigenvalue weighted by molar-refractivity contribution is 9.11. The van der Waals surface area contributed by atoms with E-state index in [0.29, 0.717) is 0 Å². The van der Waals surface area contributed by atoms with Crippen LogP contribution in [0.5, 0.6) is 0 Å². The summed E-state index contributed by atoms with van der Waals surface area (Å²) in [5.41, 5.74) is 2.14. The molecule has 5 heteroatoms. The van der Waals surface area contributed by atoms with Gasteiger partial charge in [0.25, 0.3) is 0 Å². The zero-order valence-electron chi connectivity index (χ0n) is 8.14. The Morgan fingerprint density at radius 1 is 1.47 bits per heavy atom. The third-order valence-corrected chi connectivity index (χ3v) is 3.61. The fraction of sp³-hybridized carbons (Fsp3) is 0.200. The van der Waals surface area contributed by atoms with Gasteiger partial charge in [0.05, 0.1) is 21.7 Å². The summed E-state index contributed by atoms with van der Waals surface area (Å²) < 4.78 is 1.13. The molecule has 0 aliphatic rings. The van der Waals surface area contributed by atoms with Crippen LogP contribution in [0.2, 0.25) is 0 Å². The molecule has 0 saturated heterocycles. The van der Waals surface area contributed by atoms with Crippen molar-refractivity contribution in [3.63, 3.8) is 0 Å². The molecule has 0 saturated carbocycles. The number of nitrogens with zero attached hydrogens (tertiary/aromatic N) is 2. The van der Waals surface area contributed by atoms with Gasteiger partial charge >= 0.3 is 0 Å². The fourth-order valence-corrected chi connectivity index (χ4v) is 2.62. The molecule has 2 aromatic rings. The highest BCUT2D eigenvalue weighted by atomic mass is 79.9. The van der Waals surface area contributed by atoms with Crippen LogP contribution in [0, 0.1) is 0 Å². The third-order valence-electron chi connectivity index (χ3n) is 2.09. The molecule has 3 nitrogen and oxygen atoms in total. The predicted octanol–water partition coefficient (Wildman–Crippen LogP) is 2.61. The molecule has 0 spiro atoms. The Bertz CT molecular complexity index is 429. The Balaban J connectivity index is 2.33. The summed E-state index contributed by atoms with van der Waals surface area (Å²) in [4.78, 5) is 8.37. The van der Waals surface area contributed by atoms with Crippen LogP contribution < -0.4 is 5.32 Å². The van der Waals surface area contributed by atoms with Crippen LogP contribution in [-0.2, 0) is 0 Å². The van der Waals surface area contributed by atoms with Crippen LogP contribution in [0.15, 0.2) is 33.8 Å². The Kier molecular flexibility index (Phi) is 3.45. The van der Waals surface area contributed by atoms with Crippen molar-refractivity contribution in [3.05, 3.63) is 45.1 Å². The van der Waals surface area contributed by atoms with E-state index < -0.39 is 0 Å².